The third kappa shape index (κ3) is 3.59. The van der Waals surface area contributed by atoms with Gasteiger partial charge < -0.3 is 9.80 Å². The van der Waals surface area contributed by atoms with Crippen molar-refractivity contribution in [3.05, 3.63) is 45.7 Å². The monoisotopic (exact) mass is 429 g/mol. The summed E-state index contributed by atoms with van der Waals surface area (Å²) in [6, 6.07) is 7.09. The molecule has 0 N–H and O–H groups in total. The number of hydrogen-bond donors (Lipinski definition) is 0. The molecule has 0 saturated carbocycles. The lowest BCUT2D eigenvalue weighted by atomic mass is 10.1. The van der Waals surface area contributed by atoms with Gasteiger partial charge in [-0.3, -0.25) is 4.79 Å². The van der Waals surface area contributed by atoms with E-state index in [0.29, 0.717) is 53.2 Å². The topological polar surface area (TPSA) is 90.9 Å². The van der Waals surface area contributed by atoms with E-state index >= 15 is 0 Å². The smallest absolute Gasteiger partial charge is 0.209 e. The number of hydrogen-bond acceptors (Lipinski definition) is 6. The van der Waals surface area contributed by atoms with Crippen LogP contribution in [0.25, 0.3) is 11.2 Å². The Balaban J connectivity index is 1.75. The number of carbonyl (C=O) groups is 1. The molecule has 1 saturated heterocycles. The van der Waals surface area contributed by atoms with Crippen LogP contribution in [0.15, 0.2) is 24.4 Å². The van der Waals surface area contributed by atoms with Crippen LogP contribution >= 0.6 is 23.2 Å². The largest absolute Gasteiger partial charge is 0.352 e. The maximum atomic E-state index is 10.9. The highest BCUT2D eigenvalue weighted by Gasteiger charge is 2.23. The maximum absolute atomic E-state index is 10.9. The summed E-state index contributed by atoms with van der Waals surface area (Å²) in [5.74, 6) is 0.683. The summed E-state index contributed by atoms with van der Waals surface area (Å²) in [7, 11) is 0. The summed E-state index contributed by atoms with van der Waals surface area (Å²) in [6.45, 7) is 4.51. The third-order valence-corrected chi connectivity index (χ3v) is 5.63. The van der Waals surface area contributed by atoms with Crippen molar-refractivity contribution in [3.8, 4) is 6.07 Å². The fraction of sp³-hybridized carbons (Fsp3) is 0.316. The Morgan fingerprint density at radius 1 is 1.24 bits per heavy atom. The van der Waals surface area contributed by atoms with Gasteiger partial charge in [0.1, 0.15) is 17.4 Å². The molecule has 0 aliphatic carbocycles. The minimum atomic E-state index is -0.277. The van der Waals surface area contributed by atoms with Crippen molar-refractivity contribution >= 4 is 46.6 Å². The standard InChI is InChI=1S/C19H17Cl2N7O/c1-12(14-3-2-13(20)8-15(14)21)28-19-18(16(9-22)25-28)23-10-17(24-19)27-6-4-26(11-29)5-7-27/h2-3,8,10-12H,4-7H2,1H3. The van der Waals surface area contributed by atoms with E-state index in [2.05, 4.69) is 21.1 Å². The van der Waals surface area contributed by atoms with Crippen LogP contribution in [-0.4, -0.2) is 57.2 Å². The molecule has 2 aromatic heterocycles. The number of amides is 1. The van der Waals surface area contributed by atoms with E-state index in [4.69, 9.17) is 28.2 Å². The quantitative estimate of drug-likeness (QED) is 0.592. The number of carbonyl (C=O) groups excluding carboxylic acids is 1. The molecule has 3 aromatic rings. The second-order valence-corrected chi connectivity index (χ2v) is 7.62. The summed E-state index contributed by atoms with van der Waals surface area (Å²) in [4.78, 5) is 23.9. The van der Waals surface area contributed by atoms with Crippen molar-refractivity contribution in [3.63, 3.8) is 0 Å². The van der Waals surface area contributed by atoms with Gasteiger partial charge in [0.2, 0.25) is 6.41 Å². The Morgan fingerprint density at radius 3 is 2.66 bits per heavy atom. The van der Waals surface area contributed by atoms with Crippen LogP contribution < -0.4 is 4.90 Å². The summed E-state index contributed by atoms with van der Waals surface area (Å²) >= 11 is 12.4. The molecule has 1 atom stereocenters. The van der Waals surface area contributed by atoms with Crippen molar-refractivity contribution in [1.29, 1.82) is 5.26 Å². The first-order valence-electron chi connectivity index (χ1n) is 9.06. The second kappa shape index (κ2) is 7.85. The molecule has 1 amide bonds. The summed E-state index contributed by atoms with van der Waals surface area (Å²) < 4.78 is 1.67. The molecular weight excluding hydrogens is 413 g/mol. The van der Waals surface area contributed by atoms with Crippen LogP contribution in [0.3, 0.4) is 0 Å². The van der Waals surface area contributed by atoms with E-state index in [1.165, 1.54) is 0 Å². The summed E-state index contributed by atoms with van der Waals surface area (Å²) in [5, 5.41) is 15.0. The number of piperazine rings is 1. The van der Waals surface area contributed by atoms with E-state index in [0.717, 1.165) is 12.0 Å². The Labute approximate surface area is 177 Å². The van der Waals surface area contributed by atoms with E-state index in [1.807, 2.05) is 13.0 Å². The number of benzene rings is 1. The van der Waals surface area contributed by atoms with Crippen molar-refractivity contribution in [2.24, 2.45) is 0 Å². The zero-order valence-electron chi connectivity index (χ0n) is 15.6. The molecule has 29 heavy (non-hydrogen) atoms. The molecule has 1 aliphatic rings. The van der Waals surface area contributed by atoms with Crippen molar-refractivity contribution < 1.29 is 4.79 Å². The van der Waals surface area contributed by atoms with Gasteiger partial charge in [0.15, 0.2) is 11.3 Å². The van der Waals surface area contributed by atoms with Gasteiger partial charge in [-0.25, -0.2) is 14.6 Å². The molecule has 1 fully saturated rings. The van der Waals surface area contributed by atoms with Gasteiger partial charge in [0.05, 0.1) is 12.2 Å². The van der Waals surface area contributed by atoms with Gasteiger partial charge in [-0.05, 0) is 24.6 Å². The highest BCUT2D eigenvalue weighted by molar-refractivity contribution is 6.35. The van der Waals surface area contributed by atoms with Gasteiger partial charge in [-0.2, -0.15) is 10.4 Å². The number of aromatic nitrogens is 4. The number of fused-ring (bicyclic) bond motifs is 1. The van der Waals surface area contributed by atoms with Crippen molar-refractivity contribution in [1.82, 2.24) is 24.6 Å². The minimum absolute atomic E-state index is 0.210. The molecule has 1 aromatic carbocycles. The van der Waals surface area contributed by atoms with Crippen LogP contribution in [0.4, 0.5) is 5.82 Å². The fourth-order valence-electron chi connectivity index (χ4n) is 3.43. The Hall–Kier alpha value is -2.89. The number of halogens is 2. The highest BCUT2D eigenvalue weighted by atomic mass is 35.5. The van der Waals surface area contributed by atoms with Gasteiger partial charge in [-0.15, -0.1) is 0 Å². The van der Waals surface area contributed by atoms with Crippen molar-refractivity contribution in [2.45, 2.75) is 13.0 Å². The molecule has 3 heterocycles. The lowest BCUT2D eigenvalue weighted by Crippen LogP contribution is -2.46. The molecule has 8 nitrogen and oxygen atoms in total. The van der Waals surface area contributed by atoms with E-state index in [1.54, 1.807) is 27.9 Å². The normalized spacial score (nSPS) is 15.4. The zero-order valence-corrected chi connectivity index (χ0v) is 17.1. The average molecular weight is 430 g/mol. The number of nitriles is 1. The van der Waals surface area contributed by atoms with Crippen molar-refractivity contribution in [2.75, 3.05) is 31.1 Å². The number of rotatable bonds is 4. The molecule has 10 heteroatoms. The predicted molar refractivity (Wildman–Crippen MR) is 110 cm³/mol. The minimum Gasteiger partial charge on any atom is -0.352 e. The van der Waals surface area contributed by atoms with Gasteiger partial charge in [0, 0.05) is 36.2 Å². The second-order valence-electron chi connectivity index (χ2n) is 6.78. The first-order valence-corrected chi connectivity index (χ1v) is 9.82. The first-order chi connectivity index (χ1) is 14.0. The molecule has 1 aliphatic heterocycles. The average Bonchev–Trinajstić information content (AvgIpc) is 3.11. The Morgan fingerprint density at radius 2 is 2.00 bits per heavy atom. The van der Waals surface area contributed by atoms with Crippen LogP contribution in [0.2, 0.25) is 10.0 Å². The first kappa shape index (κ1) is 19.4. The van der Waals surface area contributed by atoms with Gasteiger partial charge in [-0.1, -0.05) is 29.3 Å². The predicted octanol–water partition coefficient (Wildman–Crippen LogP) is 2.89. The van der Waals surface area contributed by atoms with Crippen LogP contribution in [-0.2, 0) is 4.79 Å². The van der Waals surface area contributed by atoms with Crippen LogP contribution in [0.5, 0.6) is 0 Å². The van der Waals surface area contributed by atoms with E-state index < -0.39 is 0 Å². The third-order valence-electron chi connectivity index (χ3n) is 5.06. The Kier molecular flexibility index (Phi) is 5.26. The Bertz CT molecular complexity index is 1120. The summed E-state index contributed by atoms with van der Waals surface area (Å²) in [5.41, 5.74) is 1.98. The van der Waals surface area contributed by atoms with Crippen LogP contribution in [0, 0.1) is 11.3 Å². The lowest BCUT2D eigenvalue weighted by molar-refractivity contribution is -0.118. The van der Waals surface area contributed by atoms with Gasteiger partial charge in [0.25, 0.3) is 0 Å². The molecule has 0 spiro atoms. The lowest BCUT2D eigenvalue weighted by Gasteiger charge is -2.33. The SMILES string of the molecule is CC(c1ccc(Cl)cc1Cl)n1nc(C#N)c2ncc(N3CCN(C=O)CC3)nc21. The maximum Gasteiger partial charge on any atom is 0.209 e. The number of nitrogens with zero attached hydrogens (tertiary/aromatic N) is 7. The zero-order chi connectivity index (χ0) is 20.5. The summed E-state index contributed by atoms with van der Waals surface area (Å²) in [6.07, 6.45) is 2.50. The number of anilines is 1. The molecule has 0 bridgehead atoms. The molecule has 1 unspecified atom stereocenters. The molecule has 148 valence electrons. The molecular formula is C19H17Cl2N7O. The highest BCUT2D eigenvalue weighted by Crippen LogP contribution is 2.31. The van der Waals surface area contributed by atoms with Crippen LogP contribution in [0.1, 0.15) is 24.2 Å². The van der Waals surface area contributed by atoms with E-state index in [-0.39, 0.29) is 11.7 Å². The van der Waals surface area contributed by atoms with Gasteiger partial charge >= 0.3 is 0 Å². The molecule has 4 rings (SSSR count). The molecule has 0 radical (unpaired) electrons. The fourth-order valence-corrected chi connectivity index (χ4v) is 3.99. The van der Waals surface area contributed by atoms with E-state index in [9.17, 15) is 10.1 Å².